The van der Waals surface area contributed by atoms with E-state index < -0.39 is 0 Å². The third kappa shape index (κ3) is 3.84. The van der Waals surface area contributed by atoms with Gasteiger partial charge in [-0.3, -0.25) is 0 Å². The molecule has 2 aromatic carbocycles. The van der Waals surface area contributed by atoms with Crippen LogP contribution in [0.2, 0.25) is 0 Å². The van der Waals surface area contributed by atoms with Gasteiger partial charge in [0.1, 0.15) is 17.2 Å². The van der Waals surface area contributed by atoms with E-state index in [0.717, 1.165) is 18.1 Å². The summed E-state index contributed by atoms with van der Waals surface area (Å²) in [7, 11) is 0. The van der Waals surface area contributed by atoms with Gasteiger partial charge in [0.2, 0.25) is 5.88 Å². The summed E-state index contributed by atoms with van der Waals surface area (Å²) in [5.74, 6) is 2.70. The Labute approximate surface area is 169 Å². The van der Waals surface area contributed by atoms with Crippen LogP contribution in [0.4, 0.5) is 5.69 Å². The molecule has 0 bridgehead atoms. The Morgan fingerprint density at radius 2 is 1.59 bits per heavy atom. The molecule has 0 amide bonds. The Hall–Kier alpha value is -3.99. The van der Waals surface area contributed by atoms with Gasteiger partial charge in [0.25, 0.3) is 0 Å². The number of hydrogen-bond acceptors (Lipinski definition) is 5. The molecular weight excluding hydrogens is 362 g/mol. The van der Waals surface area contributed by atoms with E-state index in [4.69, 9.17) is 9.47 Å². The van der Waals surface area contributed by atoms with E-state index in [1.54, 1.807) is 6.20 Å². The van der Waals surface area contributed by atoms with E-state index >= 15 is 0 Å². The SMILES string of the molecule is C1=CC2=CN(c3cccc(Oc4cccc(Oc5ccccn5)c4)c3)CN2C=C1. The normalized spacial score (nSPS) is 14.6. The molecule has 3 heterocycles. The molecule has 142 valence electrons. The summed E-state index contributed by atoms with van der Waals surface area (Å²) in [5, 5.41) is 0. The zero-order valence-electron chi connectivity index (χ0n) is 15.7. The first-order valence-corrected chi connectivity index (χ1v) is 9.40. The summed E-state index contributed by atoms with van der Waals surface area (Å²) in [4.78, 5) is 8.58. The van der Waals surface area contributed by atoms with Crippen molar-refractivity contribution >= 4 is 5.69 Å². The lowest BCUT2D eigenvalue weighted by Crippen LogP contribution is -2.22. The van der Waals surface area contributed by atoms with E-state index in [1.807, 2.05) is 72.8 Å². The fourth-order valence-electron chi connectivity index (χ4n) is 3.25. The van der Waals surface area contributed by atoms with Crippen molar-refractivity contribution in [3.05, 3.63) is 109 Å². The second kappa shape index (κ2) is 7.56. The maximum atomic E-state index is 6.09. The van der Waals surface area contributed by atoms with Gasteiger partial charge in [-0.15, -0.1) is 0 Å². The highest BCUT2D eigenvalue weighted by molar-refractivity contribution is 5.56. The van der Waals surface area contributed by atoms with Crippen molar-refractivity contribution in [2.24, 2.45) is 0 Å². The molecule has 1 aromatic heterocycles. The Kier molecular flexibility index (Phi) is 4.47. The number of anilines is 1. The average Bonchev–Trinajstić information content (AvgIpc) is 3.19. The summed E-state index contributed by atoms with van der Waals surface area (Å²) >= 11 is 0. The minimum Gasteiger partial charge on any atom is -0.457 e. The summed E-state index contributed by atoms with van der Waals surface area (Å²) in [6.45, 7) is 0.785. The largest absolute Gasteiger partial charge is 0.457 e. The van der Waals surface area contributed by atoms with Gasteiger partial charge in [-0.2, -0.15) is 0 Å². The third-order valence-corrected chi connectivity index (χ3v) is 4.62. The van der Waals surface area contributed by atoms with Crippen LogP contribution < -0.4 is 14.4 Å². The Morgan fingerprint density at radius 3 is 2.41 bits per heavy atom. The highest BCUT2D eigenvalue weighted by atomic mass is 16.5. The van der Waals surface area contributed by atoms with Crippen molar-refractivity contribution in [3.8, 4) is 23.1 Å². The van der Waals surface area contributed by atoms with Crippen molar-refractivity contribution < 1.29 is 9.47 Å². The third-order valence-electron chi connectivity index (χ3n) is 4.62. The Morgan fingerprint density at radius 1 is 0.759 bits per heavy atom. The molecule has 5 nitrogen and oxygen atoms in total. The fourth-order valence-corrected chi connectivity index (χ4v) is 3.25. The standard InChI is InChI=1S/C24H19N3O2/c1-3-13-25-24(12-1)29-23-11-6-10-22(16-23)28-21-9-5-8-19(15-21)27-17-20-7-2-4-14-26(20)18-27/h1-17H,18H2. The number of benzene rings is 2. The van der Waals surface area contributed by atoms with E-state index in [-0.39, 0.29) is 0 Å². The molecule has 29 heavy (non-hydrogen) atoms. The van der Waals surface area contributed by atoms with Crippen LogP contribution in [0.25, 0.3) is 0 Å². The van der Waals surface area contributed by atoms with E-state index in [1.165, 1.54) is 5.70 Å². The molecule has 0 saturated carbocycles. The zero-order chi connectivity index (χ0) is 19.5. The van der Waals surface area contributed by atoms with Gasteiger partial charge in [-0.25, -0.2) is 4.98 Å². The Balaban J connectivity index is 1.32. The van der Waals surface area contributed by atoms with Crippen LogP contribution in [-0.4, -0.2) is 16.6 Å². The number of rotatable bonds is 5. The second-order valence-corrected chi connectivity index (χ2v) is 6.68. The number of nitrogens with zero attached hydrogens (tertiary/aromatic N) is 3. The predicted molar refractivity (Wildman–Crippen MR) is 113 cm³/mol. The van der Waals surface area contributed by atoms with E-state index in [9.17, 15) is 0 Å². The molecule has 5 heteroatoms. The lowest BCUT2D eigenvalue weighted by molar-refractivity contribution is 0.449. The van der Waals surface area contributed by atoms with Crippen LogP contribution in [-0.2, 0) is 0 Å². The molecule has 0 atom stereocenters. The molecule has 3 aromatic rings. The molecule has 2 aliphatic rings. The second-order valence-electron chi connectivity index (χ2n) is 6.68. The monoisotopic (exact) mass is 381 g/mol. The molecule has 0 N–H and O–H groups in total. The zero-order valence-corrected chi connectivity index (χ0v) is 15.7. The van der Waals surface area contributed by atoms with E-state index in [2.05, 4.69) is 39.3 Å². The van der Waals surface area contributed by atoms with Crippen molar-refractivity contribution in [3.63, 3.8) is 0 Å². The van der Waals surface area contributed by atoms with Crippen molar-refractivity contribution in [2.75, 3.05) is 11.6 Å². The van der Waals surface area contributed by atoms with Crippen molar-refractivity contribution in [1.82, 2.24) is 9.88 Å². The van der Waals surface area contributed by atoms with Crippen LogP contribution in [0.3, 0.4) is 0 Å². The molecule has 0 fully saturated rings. The van der Waals surface area contributed by atoms with Crippen LogP contribution in [0.1, 0.15) is 0 Å². The maximum Gasteiger partial charge on any atom is 0.219 e. The topological polar surface area (TPSA) is 37.8 Å². The van der Waals surface area contributed by atoms with Gasteiger partial charge < -0.3 is 19.3 Å². The minimum atomic E-state index is 0.549. The van der Waals surface area contributed by atoms with E-state index in [0.29, 0.717) is 17.4 Å². The first kappa shape index (κ1) is 17.1. The fraction of sp³-hybridized carbons (Fsp3) is 0.0417. The predicted octanol–water partition coefficient (Wildman–Crippen LogP) is 5.67. The molecule has 0 spiro atoms. The van der Waals surface area contributed by atoms with Gasteiger partial charge in [-0.05, 0) is 42.5 Å². The van der Waals surface area contributed by atoms with Gasteiger partial charge in [0.05, 0.1) is 12.4 Å². The lowest BCUT2D eigenvalue weighted by atomic mass is 10.2. The van der Waals surface area contributed by atoms with Crippen LogP contribution in [0, 0.1) is 0 Å². The molecule has 0 aliphatic carbocycles. The van der Waals surface area contributed by atoms with Crippen LogP contribution >= 0.6 is 0 Å². The first-order valence-electron chi connectivity index (χ1n) is 9.40. The number of fused-ring (bicyclic) bond motifs is 1. The Bertz CT molecular complexity index is 1110. The van der Waals surface area contributed by atoms with Gasteiger partial charge in [-0.1, -0.05) is 24.3 Å². The van der Waals surface area contributed by atoms with Crippen LogP contribution in [0.5, 0.6) is 23.1 Å². The van der Waals surface area contributed by atoms with Crippen molar-refractivity contribution in [1.29, 1.82) is 0 Å². The first-order chi connectivity index (χ1) is 14.3. The number of pyridine rings is 1. The molecular formula is C24H19N3O2. The number of aromatic nitrogens is 1. The van der Waals surface area contributed by atoms with Crippen molar-refractivity contribution in [2.45, 2.75) is 0 Å². The highest BCUT2D eigenvalue weighted by Crippen LogP contribution is 2.32. The lowest BCUT2D eigenvalue weighted by Gasteiger charge is -2.21. The highest BCUT2D eigenvalue weighted by Gasteiger charge is 2.19. The molecule has 0 radical (unpaired) electrons. The smallest absolute Gasteiger partial charge is 0.219 e. The molecule has 2 aliphatic heterocycles. The summed E-state index contributed by atoms with van der Waals surface area (Å²) in [6.07, 6.45) is 12.1. The van der Waals surface area contributed by atoms with Gasteiger partial charge >= 0.3 is 0 Å². The summed E-state index contributed by atoms with van der Waals surface area (Å²) in [5.41, 5.74) is 2.25. The maximum absolute atomic E-state index is 6.09. The molecule has 0 unspecified atom stereocenters. The van der Waals surface area contributed by atoms with Crippen LogP contribution in [0.15, 0.2) is 109 Å². The molecule has 5 rings (SSSR count). The number of hydrogen-bond donors (Lipinski definition) is 0. The summed E-state index contributed by atoms with van der Waals surface area (Å²) in [6, 6.07) is 21.2. The number of allylic oxidation sites excluding steroid dienone is 3. The van der Waals surface area contributed by atoms with Gasteiger partial charge in [0.15, 0.2) is 0 Å². The minimum absolute atomic E-state index is 0.549. The number of ether oxygens (including phenoxy) is 2. The molecule has 0 saturated heterocycles. The summed E-state index contributed by atoms with van der Waals surface area (Å²) < 4.78 is 11.9. The van der Waals surface area contributed by atoms with Gasteiger partial charge in [0, 0.05) is 42.5 Å². The average molecular weight is 381 g/mol. The quantitative estimate of drug-likeness (QED) is 0.569.